The number of hydrogen-bond acceptors (Lipinski definition) is 7. The van der Waals surface area contributed by atoms with Gasteiger partial charge in [-0.05, 0) is 30.7 Å². The Labute approximate surface area is 218 Å². The van der Waals surface area contributed by atoms with Gasteiger partial charge in [-0.15, -0.1) is 0 Å². The molecule has 0 spiro atoms. The van der Waals surface area contributed by atoms with Gasteiger partial charge in [0.15, 0.2) is 22.9 Å². The Morgan fingerprint density at radius 1 is 1.08 bits per heavy atom. The first kappa shape index (κ1) is 24.5. The Bertz CT molecular complexity index is 1670. The summed E-state index contributed by atoms with van der Waals surface area (Å²) < 4.78 is 40.8. The molecule has 3 aliphatic rings. The van der Waals surface area contributed by atoms with E-state index in [1.807, 2.05) is 0 Å². The number of hydrogen-bond donors (Lipinski definition) is 3. The van der Waals surface area contributed by atoms with Crippen LogP contribution in [0.1, 0.15) is 40.6 Å². The van der Waals surface area contributed by atoms with E-state index in [2.05, 4.69) is 16.0 Å². The molecule has 0 saturated carbocycles. The van der Waals surface area contributed by atoms with Crippen LogP contribution in [0.4, 0.5) is 13.6 Å². The van der Waals surface area contributed by atoms with Crippen LogP contribution in [0.5, 0.6) is 5.75 Å². The van der Waals surface area contributed by atoms with Crippen molar-refractivity contribution in [1.29, 1.82) is 0 Å². The zero-order valence-electron chi connectivity index (χ0n) is 20.6. The molecule has 2 fully saturated rings. The van der Waals surface area contributed by atoms with Crippen LogP contribution in [0.25, 0.3) is 11.0 Å². The van der Waals surface area contributed by atoms with E-state index in [4.69, 9.17) is 9.15 Å². The molecule has 13 heteroatoms. The number of ether oxygens (including phenoxy) is 1. The van der Waals surface area contributed by atoms with Gasteiger partial charge in [-0.25, -0.2) is 13.6 Å². The highest BCUT2D eigenvalue weighted by molar-refractivity contribution is 6.11. The minimum absolute atomic E-state index is 0.00763. The molecule has 2 atom stereocenters. The summed E-state index contributed by atoms with van der Waals surface area (Å²) in [5.41, 5.74) is -3.46. The van der Waals surface area contributed by atoms with E-state index < -0.39 is 65.2 Å². The summed E-state index contributed by atoms with van der Waals surface area (Å²) in [6, 6.07) is 5.78. The summed E-state index contributed by atoms with van der Waals surface area (Å²) in [6.07, 6.45) is -0.390. The van der Waals surface area contributed by atoms with Gasteiger partial charge >= 0.3 is 6.03 Å². The lowest BCUT2D eigenvalue weighted by Crippen LogP contribution is -2.52. The standard InChI is InChI=1S/C26H20F2N4O7/c1-25(17(33)8-19(34)30-25)13-5-12-6-18(39-16(12)7-14(13)27)26(23(36)29-24(37)31-26)10-32-9-11-3-4-15(38-2)21(28)20(11)22(32)35/h3-7H,8-10H2,1-2H3,(H,30,34)(H2,29,31,36,37)/t25-,26+/m1/s1. The lowest BCUT2D eigenvalue weighted by Gasteiger charge is -2.29. The highest BCUT2D eigenvalue weighted by Gasteiger charge is 2.53. The first-order chi connectivity index (χ1) is 18.5. The van der Waals surface area contributed by atoms with Crippen LogP contribution in [0.3, 0.4) is 0 Å². The molecule has 0 radical (unpaired) electrons. The molecule has 3 aliphatic heterocycles. The second-order valence-corrected chi connectivity index (χ2v) is 9.84. The molecular weight excluding hydrogens is 518 g/mol. The number of carbonyl (C=O) groups excluding carboxylic acids is 5. The minimum Gasteiger partial charge on any atom is -0.494 e. The van der Waals surface area contributed by atoms with Crippen molar-refractivity contribution in [3.05, 3.63) is 64.4 Å². The van der Waals surface area contributed by atoms with Crippen molar-refractivity contribution in [3.63, 3.8) is 0 Å². The molecular formula is C26H20F2N4O7. The number of amides is 5. The second-order valence-electron chi connectivity index (χ2n) is 9.84. The van der Waals surface area contributed by atoms with Crippen molar-refractivity contribution >= 4 is 40.5 Å². The van der Waals surface area contributed by atoms with Gasteiger partial charge in [0.25, 0.3) is 11.8 Å². The highest BCUT2D eigenvalue weighted by atomic mass is 19.1. The van der Waals surface area contributed by atoms with Gasteiger partial charge < -0.3 is 24.7 Å². The fourth-order valence-electron chi connectivity index (χ4n) is 5.41. The van der Waals surface area contributed by atoms with E-state index in [0.29, 0.717) is 5.56 Å². The number of furan rings is 1. The summed E-state index contributed by atoms with van der Waals surface area (Å²) in [4.78, 5) is 64.0. The molecule has 200 valence electrons. The topological polar surface area (TPSA) is 147 Å². The number of ketones is 1. The number of nitrogens with zero attached hydrogens (tertiary/aromatic N) is 1. The third kappa shape index (κ3) is 3.42. The Morgan fingerprint density at radius 3 is 2.49 bits per heavy atom. The number of carbonyl (C=O) groups is 5. The van der Waals surface area contributed by atoms with Crippen LogP contribution < -0.4 is 20.7 Å². The number of benzene rings is 2. The van der Waals surface area contributed by atoms with Crippen LogP contribution in [-0.2, 0) is 32.0 Å². The fourth-order valence-corrected chi connectivity index (χ4v) is 5.41. The molecule has 2 aromatic carbocycles. The highest BCUT2D eigenvalue weighted by Crippen LogP contribution is 2.38. The predicted molar refractivity (Wildman–Crippen MR) is 127 cm³/mol. The molecule has 5 amide bonds. The number of urea groups is 1. The van der Waals surface area contributed by atoms with Gasteiger partial charge in [0.05, 0.1) is 25.6 Å². The number of nitrogens with one attached hydrogen (secondary N) is 3. The number of fused-ring (bicyclic) bond motifs is 2. The van der Waals surface area contributed by atoms with Crippen LogP contribution in [0, 0.1) is 11.6 Å². The third-order valence-corrected chi connectivity index (χ3v) is 7.48. The summed E-state index contributed by atoms with van der Waals surface area (Å²) in [5.74, 6) is -4.51. The van der Waals surface area contributed by atoms with Crippen LogP contribution in [-0.4, -0.2) is 48.1 Å². The van der Waals surface area contributed by atoms with Crippen molar-refractivity contribution in [2.24, 2.45) is 0 Å². The SMILES string of the molecule is COc1ccc2c(c1F)C(=O)N(C[C@@]1(c3cc4cc([C@@]5(C)NC(=O)CC5=O)c(F)cc4o3)NC(=O)NC1=O)C2. The zero-order chi connectivity index (χ0) is 27.9. The van der Waals surface area contributed by atoms with Crippen LogP contribution in [0.2, 0.25) is 0 Å². The van der Waals surface area contributed by atoms with E-state index in [1.54, 1.807) is 0 Å². The van der Waals surface area contributed by atoms with Crippen LogP contribution >= 0.6 is 0 Å². The Balaban J connectivity index is 1.41. The van der Waals surface area contributed by atoms with Gasteiger partial charge in [0, 0.05) is 23.6 Å². The fraction of sp³-hybridized carbons (Fsp3) is 0.269. The zero-order valence-corrected chi connectivity index (χ0v) is 20.6. The summed E-state index contributed by atoms with van der Waals surface area (Å²) in [6.45, 7) is 0.906. The third-order valence-electron chi connectivity index (χ3n) is 7.48. The van der Waals surface area contributed by atoms with E-state index in [9.17, 15) is 28.4 Å². The molecule has 0 aliphatic carbocycles. The van der Waals surface area contributed by atoms with Crippen molar-refractivity contribution in [2.75, 3.05) is 13.7 Å². The normalized spacial score (nSPS) is 24.3. The van der Waals surface area contributed by atoms with E-state index in [0.717, 1.165) is 6.07 Å². The lowest BCUT2D eigenvalue weighted by atomic mass is 9.88. The van der Waals surface area contributed by atoms with Crippen molar-refractivity contribution in [3.8, 4) is 5.75 Å². The molecule has 3 N–H and O–H groups in total. The molecule has 2 saturated heterocycles. The molecule has 4 heterocycles. The Hall–Kier alpha value is -4.81. The largest absolute Gasteiger partial charge is 0.494 e. The smallest absolute Gasteiger partial charge is 0.322 e. The van der Waals surface area contributed by atoms with E-state index >= 15 is 4.39 Å². The average Bonchev–Trinajstić information content (AvgIpc) is 3.58. The maximum Gasteiger partial charge on any atom is 0.322 e. The molecule has 1 aromatic heterocycles. The number of methoxy groups -OCH3 is 1. The van der Waals surface area contributed by atoms with Gasteiger partial charge in [0.2, 0.25) is 5.91 Å². The molecule has 6 rings (SSSR count). The summed E-state index contributed by atoms with van der Waals surface area (Å²) in [7, 11) is 1.27. The maximum atomic E-state index is 15.2. The Morgan fingerprint density at radius 2 is 1.85 bits per heavy atom. The number of imide groups is 1. The lowest BCUT2D eigenvalue weighted by molar-refractivity contribution is -0.125. The van der Waals surface area contributed by atoms with Gasteiger partial charge in [-0.3, -0.25) is 24.5 Å². The van der Waals surface area contributed by atoms with Crippen molar-refractivity contribution < 1.29 is 41.9 Å². The summed E-state index contributed by atoms with van der Waals surface area (Å²) in [5, 5.41) is 7.40. The first-order valence-corrected chi connectivity index (χ1v) is 11.8. The molecule has 11 nitrogen and oxygen atoms in total. The second kappa shape index (κ2) is 8.09. The molecule has 3 aromatic rings. The molecule has 0 unspecified atom stereocenters. The molecule has 0 bridgehead atoms. The first-order valence-electron chi connectivity index (χ1n) is 11.8. The van der Waals surface area contributed by atoms with E-state index in [1.165, 1.54) is 43.2 Å². The predicted octanol–water partition coefficient (Wildman–Crippen LogP) is 1.71. The average molecular weight is 538 g/mol. The van der Waals surface area contributed by atoms with Crippen LogP contribution in [0.15, 0.2) is 34.7 Å². The van der Waals surface area contributed by atoms with E-state index in [-0.39, 0.29) is 40.2 Å². The maximum absolute atomic E-state index is 15.2. The Kier molecular flexibility index (Phi) is 5.09. The van der Waals surface area contributed by atoms with Gasteiger partial charge in [-0.2, -0.15) is 0 Å². The number of rotatable bonds is 5. The molecule has 39 heavy (non-hydrogen) atoms. The van der Waals surface area contributed by atoms with Crippen molar-refractivity contribution in [2.45, 2.75) is 31.0 Å². The number of halogens is 2. The van der Waals surface area contributed by atoms with Gasteiger partial charge in [0.1, 0.15) is 22.7 Å². The quantitative estimate of drug-likeness (QED) is 0.331. The number of Topliss-reactive ketones (excluding diaryl/α,β-unsaturated/α-hetero) is 1. The summed E-state index contributed by atoms with van der Waals surface area (Å²) >= 11 is 0. The monoisotopic (exact) mass is 538 g/mol. The minimum atomic E-state index is -1.92. The van der Waals surface area contributed by atoms with Gasteiger partial charge in [-0.1, -0.05) is 6.07 Å². The van der Waals surface area contributed by atoms with Crippen molar-refractivity contribution in [1.82, 2.24) is 20.9 Å².